The lowest BCUT2D eigenvalue weighted by molar-refractivity contribution is -0.118. The molecule has 0 atom stereocenters. The Morgan fingerprint density at radius 2 is 2.07 bits per heavy atom. The Morgan fingerprint density at radius 3 is 2.85 bits per heavy atom. The molecule has 0 saturated heterocycles. The number of amides is 1. The van der Waals surface area contributed by atoms with E-state index >= 15 is 0 Å². The second kappa shape index (κ2) is 9.43. The number of aryl methyl sites for hydroxylation is 1. The Bertz CT molecular complexity index is 902. The van der Waals surface area contributed by atoms with Crippen LogP contribution in [0.4, 0.5) is 0 Å². The van der Waals surface area contributed by atoms with Gasteiger partial charge in [0.2, 0.25) is 11.1 Å². The van der Waals surface area contributed by atoms with Crippen LogP contribution in [0.3, 0.4) is 0 Å². The molecular weight excluding hydrogens is 384 g/mol. The topological polar surface area (TPSA) is 79.9 Å². The van der Waals surface area contributed by atoms with Crippen LogP contribution in [0.1, 0.15) is 17.0 Å². The van der Waals surface area contributed by atoms with Gasteiger partial charge in [0.15, 0.2) is 5.82 Å². The van der Waals surface area contributed by atoms with Gasteiger partial charge in [-0.15, -0.1) is 5.10 Å². The molecule has 0 aliphatic rings. The molecule has 1 amide bonds. The van der Waals surface area contributed by atoms with Gasteiger partial charge in [0.25, 0.3) is 0 Å². The molecule has 0 fully saturated rings. The van der Waals surface area contributed by atoms with Crippen LogP contribution in [0.25, 0.3) is 0 Å². The molecule has 1 aromatic heterocycles. The number of rotatable bonds is 8. The van der Waals surface area contributed by atoms with Crippen molar-refractivity contribution < 1.29 is 9.53 Å². The Kier molecular flexibility index (Phi) is 6.73. The third-order valence-electron chi connectivity index (χ3n) is 3.68. The molecule has 27 heavy (non-hydrogen) atoms. The van der Waals surface area contributed by atoms with Gasteiger partial charge < -0.3 is 10.1 Å². The minimum Gasteiger partial charge on any atom is -0.486 e. The highest BCUT2D eigenvalue weighted by molar-refractivity contribution is 7.99. The van der Waals surface area contributed by atoms with Crippen LogP contribution in [0.5, 0.6) is 5.75 Å². The maximum atomic E-state index is 11.9. The number of ether oxygens (including phenoxy) is 1. The molecule has 0 aliphatic heterocycles. The molecule has 0 bridgehead atoms. The molecule has 0 unspecified atom stereocenters. The van der Waals surface area contributed by atoms with Gasteiger partial charge in [-0.25, -0.2) is 4.98 Å². The first-order chi connectivity index (χ1) is 13.1. The molecular formula is C19H19ClN4O2S. The highest BCUT2D eigenvalue weighted by Gasteiger charge is 2.08. The van der Waals surface area contributed by atoms with Crippen molar-refractivity contribution in [1.82, 2.24) is 20.5 Å². The lowest BCUT2D eigenvalue weighted by Gasteiger charge is -2.05. The number of nitrogens with zero attached hydrogens (tertiary/aromatic N) is 2. The zero-order valence-electron chi connectivity index (χ0n) is 14.7. The van der Waals surface area contributed by atoms with E-state index in [1.54, 1.807) is 12.1 Å². The highest BCUT2D eigenvalue weighted by Crippen LogP contribution is 2.21. The van der Waals surface area contributed by atoms with Crippen LogP contribution in [0.15, 0.2) is 53.7 Å². The first-order valence-electron chi connectivity index (χ1n) is 8.34. The van der Waals surface area contributed by atoms with Crippen molar-refractivity contribution in [2.75, 3.05) is 5.75 Å². The van der Waals surface area contributed by atoms with E-state index < -0.39 is 0 Å². The quantitative estimate of drug-likeness (QED) is 0.561. The second-order valence-corrected chi connectivity index (χ2v) is 7.17. The SMILES string of the molecule is Cc1cc(OCc2nc(SCC(=O)NCc3ccccc3)n[nH]2)ccc1Cl. The van der Waals surface area contributed by atoms with Crippen LogP contribution in [-0.4, -0.2) is 26.8 Å². The maximum absolute atomic E-state index is 11.9. The van der Waals surface area contributed by atoms with Gasteiger partial charge in [0.05, 0.1) is 5.75 Å². The van der Waals surface area contributed by atoms with E-state index in [0.717, 1.165) is 11.1 Å². The van der Waals surface area contributed by atoms with Crippen LogP contribution in [0.2, 0.25) is 5.02 Å². The lowest BCUT2D eigenvalue weighted by atomic mass is 10.2. The van der Waals surface area contributed by atoms with E-state index in [-0.39, 0.29) is 18.3 Å². The molecule has 2 aromatic carbocycles. The summed E-state index contributed by atoms with van der Waals surface area (Å²) in [4.78, 5) is 16.3. The predicted octanol–water partition coefficient (Wildman–Crippen LogP) is 3.75. The maximum Gasteiger partial charge on any atom is 0.230 e. The standard InChI is InChI=1S/C19H19ClN4O2S/c1-13-9-15(7-8-16(13)20)26-11-17-22-19(24-23-17)27-12-18(25)21-10-14-5-3-2-4-6-14/h2-9H,10-12H2,1H3,(H,21,25)(H,22,23,24). The van der Waals surface area contributed by atoms with Gasteiger partial charge in [0, 0.05) is 11.6 Å². The number of hydrogen-bond donors (Lipinski definition) is 2. The van der Waals surface area contributed by atoms with Crippen molar-refractivity contribution in [3.63, 3.8) is 0 Å². The van der Waals surface area contributed by atoms with E-state index in [4.69, 9.17) is 16.3 Å². The summed E-state index contributed by atoms with van der Waals surface area (Å²) in [6, 6.07) is 15.2. The number of halogens is 1. The Morgan fingerprint density at radius 1 is 1.26 bits per heavy atom. The molecule has 3 aromatic rings. The third-order valence-corrected chi connectivity index (χ3v) is 4.95. The van der Waals surface area contributed by atoms with Gasteiger partial charge in [0.1, 0.15) is 12.4 Å². The van der Waals surface area contributed by atoms with Crippen molar-refractivity contribution in [3.05, 3.63) is 70.5 Å². The minimum absolute atomic E-state index is 0.0666. The molecule has 6 nitrogen and oxygen atoms in total. The van der Waals surface area contributed by atoms with Crippen molar-refractivity contribution in [3.8, 4) is 5.75 Å². The fourth-order valence-electron chi connectivity index (χ4n) is 2.24. The van der Waals surface area contributed by atoms with Crippen LogP contribution in [0, 0.1) is 6.92 Å². The fourth-order valence-corrected chi connectivity index (χ4v) is 3.01. The van der Waals surface area contributed by atoms with Crippen molar-refractivity contribution in [1.29, 1.82) is 0 Å². The fraction of sp³-hybridized carbons (Fsp3) is 0.211. The number of hydrogen-bond acceptors (Lipinski definition) is 5. The first kappa shape index (κ1) is 19.3. The average molecular weight is 403 g/mol. The van der Waals surface area contributed by atoms with Gasteiger partial charge in [-0.3, -0.25) is 9.89 Å². The normalized spacial score (nSPS) is 10.6. The molecule has 0 saturated carbocycles. The molecule has 0 spiro atoms. The van der Waals surface area contributed by atoms with Gasteiger partial charge >= 0.3 is 0 Å². The first-order valence-corrected chi connectivity index (χ1v) is 9.70. The number of H-pyrrole nitrogens is 1. The summed E-state index contributed by atoms with van der Waals surface area (Å²) >= 11 is 7.27. The molecule has 8 heteroatoms. The third kappa shape index (κ3) is 6.01. The monoisotopic (exact) mass is 402 g/mol. The molecule has 3 rings (SSSR count). The summed E-state index contributed by atoms with van der Waals surface area (Å²) in [5.41, 5.74) is 2.01. The molecule has 2 N–H and O–H groups in total. The largest absolute Gasteiger partial charge is 0.486 e. The smallest absolute Gasteiger partial charge is 0.230 e. The summed E-state index contributed by atoms with van der Waals surface area (Å²) in [6.07, 6.45) is 0. The summed E-state index contributed by atoms with van der Waals surface area (Å²) < 4.78 is 5.67. The summed E-state index contributed by atoms with van der Waals surface area (Å²) in [6.45, 7) is 2.68. The number of aromatic amines is 1. The van der Waals surface area contributed by atoms with Gasteiger partial charge in [-0.05, 0) is 36.2 Å². The molecule has 0 radical (unpaired) electrons. The molecule has 1 heterocycles. The van der Waals surface area contributed by atoms with Crippen LogP contribution < -0.4 is 10.1 Å². The number of carbonyl (C=O) groups is 1. The van der Waals surface area contributed by atoms with Crippen LogP contribution >= 0.6 is 23.4 Å². The minimum atomic E-state index is -0.0666. The number of nitrogens with one attached hydrogen (secondary N) is 2. The Hall–Kier alpha value is -2.51. The summed E-state index contributed by atoms with van der Waals surface area (Å²) in [7, 11) is 0. The zero-order chi connectivity index (χ0) is 19.1. The number of carbonyl (C=O) groups excluding carboxylic acids is 1. The van der Waals surface area contributed by atoms with E-state index in [1.165, 1.54) is 11.8 Å². The van der Waals surface area contributed by atoms with Crippen molar-refractivity contribution >= 4 is 29.3 Å². The lowest BCUT2D eigenvalue weighted by Crippen LogP contribution is -2.24. The van der Waals surface area contributed by atoms with E-state index in [2.05, 4.69) is 20.5 Å². The van der Waals surface area contributed by atoms with Crippen LogP contribution in [-0.2, 0) is 17.9 Å². The molecule has 140 valence electrons. The van der Waals surface area contributed by atoms with E-state index in [9.17, 15) is 4.79 Å². The number of thioether (sulfide) groups is 1. The number of benzene rings is 2. The van der Waals surface area contributed by atoms with Crippen molar-refractivity contribution in [2.45, 2.75) is 25.2 Å². The summed E-state index contributed by atoms with van der Waals surface area (Å²) in [5.74, 6) is 1.49. The Balaban J connectivity index is 1.42. The summed E-state index contributed by atoms with van der Waals surface area (Å²) in [5, 5.41) is 11.0. The average Bonchev–Trinajstić information content (AvgIpc) is 3.14. The molecule has 0 aliphatic carbocycles. The predicted molar refractivity (Wildman–Crippen MR) is 106 cm³/mol. The highest BCUT2D eigenvalue weighted by atomic mass is 35.5. The van der Waals surface area contributed by atoms with Gasteiger partial charge in [-0.1, -0.05) is 53.7 Å². The zero-order valence-corrected chi connectivity index (χ0v) is 16.3. The Labute approximate surface area is 166 Å². The van der Waals surface area contributed by atoms with Crippen molar-refractivity contribution in [2.24, 2.45) is 0 Å². The van der Waals surface area contributed by atoms with E-state index in [0.29, 0.717) is 28.3 Å². The number of aromatic nitrogens is 3. The second-order valence-electron chi connectivity index (χ2n) is 5.82. The van der Waals surface area contributed by atoms with Gasteiger partial charge in [-0.2, -0.15) is 0 Å². The van der Waals surface area contributed by atoms with E-state index in [1.807, 2.05) is 43.3 Å².